The molecule has 0 unspecified atom stereocenters. The molecule has 1 aliphatic carbocycles. The molecule has 0 bridgehead atoms. The second-order valence-electron chi connectivity index (χ2n) is 19.4. The van der Waals surface area contributed by atoms with Gasteiger partial charge in [0.05, 0.1) is 19.6 Å². The van der Waals surface area contributed by atoms with Gasteiger partial charge >= 0.3 is 5.97 Å². The van der Waals surface area contributed by atoms with Crippen LogP contribution in [0.25, 0.3) is 11.0 Å². The molecule has 11 nitrogen and oxygen atoms in total. The predicted octanol–water partition coefficient (Wildman–Crippen LogP) is 10.4. The Morgan fingerprint density at radius 3 is 2.37 bits per heavy atom. The van der Waals surface area contributed by atoms with Crippen molar-refractivity contribution in [3.8, 4) is 23.1 Å². The standard InChI is InChI=1S/C50H64FN5O6Si/c1-34(2)39-10-8-9-11-40(39)44-32-53(30-35-12-15-38(59-3)16-13-35)22-23-56(44)37-28-50(29-37)18-20-54(21-19-50)36-14-17-41(49(57)58)45(26-36)62-46-27-42-43(51)31-55(47(42)52-48(46)60-4)33-61-24-25-63(5,6)7/h8-17,26-27,31,34,37,44H,18-25,28-30,32-33H2,1-7H3,(H,57,58)/t44-/m0/s1. The number of halogens is 1. The number of piperazine rings is 1. The van der Waals surface area contributed by atoms with Crippen LogP contribution in [0, 0.1) is 11.2 Å². The smallest absolute Gasteiger partial charge is 0.339 e. The summed E-state index contributed by atoms with van der Waals surface area (Å²) in [5, 5.41) is 10.4. The van der Waals surface area contributed by atoms with Crippen molar-refractivity contribution in [2.24, 2.45) is 5.41 Å². The first-order valence-corrected chi connectivity index (χ1v) is 26.2. The number of rotatable bonds is 16. The van der Waals surface area contributed by atoms with Crippen molar-refractivity contribution < 1.29 is 33.2 Å². The molecule has 1 saturated carbocycles. The number of anilines is 1. The highest BCUT2D eigenvalue weighted by atomic mass is 28.3. The molecule has 0 amide bonds. The monoisotopic (exact) mass is 877 g/mol. The SMILES string of the molecule is COc1ccc(CN2CCN(C3CC4(CCN(c5ccc(C(=O)O)c(Oc6cc7c(F)cn(COCC[Si](C)(C)C)c7nc6OC)c5)CC4)C3)[C@H](c3ccccc3C(C)C)C2)cc1. The van der Waals surface area contributed by atoms with Gasteiger partial charge in [0.2, 0.25) is 0 Å². The molecule has 0 radical (unpaired) electrons. The molecule has 1 N–H and O–H groups in total. The zero-order valence-electron chi connectivity index (χ0n) is 38.0. The summed E-state index contributed by atoms with van der Waals surface area (Å²) in [5.74, 6) is 0.140. The summed E-state index contributed by atoms with van der Waals surface area (Å²) in [7, 11) is 1.89. The summed E-state index contributed by atoms with van der Waals surface area (Å²) in [6.07, 6.45) is 5.87. The molecule has 63 heavy (non-hydrogen) atoms. The number of carbonyl (C=O) groups is 1. The Hall–Kier alpha value is -4.95. The molecule has 3 fully saturated rings. The number of nitrogens with zero attached hydrogens (tertiary/aromatic N) is 5. The van der Waals surface area contributed by atoms with E-state index in [0.29, 0.717) is 30.3 Å². The van der Waals surface area contributed by atoms with E-state index in [2.05, 4.69) is 102 Å². The number of piperidine rings is 1. The van der Waals surface area contributed by atoms with E-state index in [4.69, 9.17) is 18.9 Å². The lowest BCUT2D eigenvalue weighted by atomic mass is 9.59. The van der Waals surface area contributed by atoms with E-state index in [-0.39, 0.29) is 40.5 Å². The Labute approximate surface area is 372 Å². The van der Waals surface area contributed by atoms with Crippen molar-refractivity contribution in [1.82, 2.24) is 19.4 Å². The maximum absolute atomic E-state index is 15.3. The van der Waals surface area contributed by atoms with Crippen LogP contribution < -0.4 is 19.1 Å². The molecular weight excluding hydrogens is 814 g/mol. The Morgan fingerprint density at radius 1 is 0.937 bits per heavy atom. The van der Waals surface area contributed by atoms with Crippen LogP contribution in [0.4, 0.5) is 10.1 Å². The Bertz CT molecular complexity index is 2380. The van der Waals surface area contributed by atoms with Crippen LogP contribution >= 0.6 is 0 Å². The quantitative estimate of drug-likeness (QED) is 0.0762. The largest absolute Gasteiger partial charge is 0.497 e. The van der Waals surface area contributed by atoms with Crippen LogP contribution in [0.3, 0.4) is 0 Å². The van der Waals surface area contributed by atoms with Gasteiger partial charge in [-0.3, -0.25) is 9.80 Å². The van der Waals surface area contributed by atoms with Gasteiger partial charge in [0.15, 0.2) is 11.6 Å². The highest BCUT2D eigenvalue weighted by molar-refractivity contribution is 6.76. The molecule has 3 aromatic carbocycles. The van der Waals surface area contributed by atoms with Gasteiger partial charge < -0.3 is 33.5 Å². The van der Waals surface area contributed by atoms with E-state index < -0.39 is 19.9 Å². The van der Waals surface area contributed by atoms with Crippen LogP contribution in [-0.2, 0) is 18.0 Å². The fourth-order valence-corrected chi connectivity index (χ4v) is 10.7. The normalized spacial score (nSPS) is 18.6. The number of ether oxygens (including phenoxy) is 4. The number of carboxylic acid groups (broad SMARTS) is 1. The number of methoxy groups -OCH3 is 2. The second kappa shape index (κ2) is 18.6. The number of hydrogen-bond acceptors (Lipinski definition) is 9. The first-order valence-electron chi connectivity index (χ1n) is 22.5. The number of aromatic carboxylic acids is 1. The maximum atomic E-state index is 15.3. The molecule has 5 aromatic rings. The van der Waals surface area contributed by atoms with Gasteiger partial charge in [-0.05, 0) is 84.0 Å². The Kier molecular flexibility index (Phi) is 13.2. The van der Waals surface area contributed by atoms with Crippen molar-refractivity contribution in [3.05, 3.63) is 107 Å². The molecule has 2 saturated heterocycles. The first kappa shape index (κ1) is 44.6. The minimum Gasteiger partial charge on any atom is -0.497 e. The number of pyridine rings is 1. The number of carboxylic acids is 1. The molecule has 1 atom stereocenters. The highest BCUT2D eigenvalue weighted by Crippen LogP contribution is 2.53. The molecule has 2 aromatic heterocycles. The van der Waals surface area contributed by atoms with Gasteiger partial charge in [-0.2, -0.15) is 4.98 Å². The number of fused-ring (bicyclic) bond motifs is 1. The van der Waals surface area contributed by atoms with Crippen LogP contribution in [0.5, 0.6) is 23.1 Å². The topological polar surface area (TPSA) is 102 Å². The van der Waals surface area contributed by atoms with Gasteiger partial charge in [0.1, 0.15) is 29.4 Å². The van der Waals surface area contributed by atoms with E-state index in [1.54, 1.807) is 23.8 Å². The third kappa shape index (κ3) is 9.91. The Morgan fingerprint density at radius 2 is 1.68 bits per heavy atom. The van der Waals surface area contributed by atoms with Crippen molar-refractivity contribution in [2.45, 2.75) is 96.5 Å². The number of benzene rings is 3. The van der Waals surface area contributed by atoms with E-state index in [9.17, 15) is 9.90 Å². The summed E-state index contributed by atoms with van der Waals surface area (Å²) in [6.45, 7) is 17.9. The highest BCUT2D eigenvalue weighted by Gasteiger charge is 2.50. The second-order valence-corrected chi connectivity index (χ2v) is 25.0. The predicted molar refractivity (Wildman–Crippen MR) is 249 cm³/mol. The summed E-state index contributed by atoms with van der Waals surface area (Å²) in [5.41, 5.74) is 5.74. The fourth-order valence-electron chi connectivity index (χ4n) is 9.94. The van der Waals surface area contributed by atoms with Crippen molar-refractivity contribution in [3.63, 3.8) is 0 Å². The van der Waals surface area contributed by atoms with Gasteiger partial charge in [-0.15, -0.1) is 0 Å². The lowest BCUT2D eigenvalue weighted by molar-refractivity contribution is -0.0628. The summed E-state index contributed by atoms with van der Waals surface area (Å²) in [4.78, 5) is 24.8. The van der Waals surface area contributed by atoms with Crippen molar-refractivity contribution >= 4 is 30.8 Å². The Balaban J connectivity index is 0.943. The minimum atomic E-state index is -1.29. The van der Waals surface area contributed by atoms with E-state index in [1.807, 2.05) is 6.07 Å². The maximum Gasteiger partial charge on any atom is 0.339 e. The summed E-state index contributed by atoms with van der Waals surface area (Å²) < 4.78 is 40.2. The molecule has 8 rings (SSSR count). The molecular formula is C50H64FN5O6Si. The van der Waals surface area contributed by atoms with Gasteiger partial charge in [-0.25, -0.2) is 9.18 Å². The average molecular weight is 878 g/mol. The van der Waals surface area contributed by atoms with Crippen LogP contribution in [-0.4, -0.2) is 98.1 Å². The van der Waals surface area contributed by atoms with Crippen molar-refractivity contribution in [1.29, 1.82) is 0 Å². The van der Waals surface area contributed by atoms with Crippen LogP contribution in [0.2, 0.25) is 25.7 Å². The van der Waals surface area contributed by atoms with E-state index in [1.165, 1.54) is 48.9 Å². The van der Waals surface area contributed by atoms with Crippen LogP contribution in [0.15, 0.2) is 79.0 Å². The van der Waals surface area contributed by atoms with Crippen molar-refractivity contribution in [2.75, 3.05) is 58.5 Å². The molecule has 13 heteroatoms. The average Bonchev–Trinajstić information content (AvgIpc) is 3.57. The zero-order valence-corrected chi connectivity index (χ0v) is 39.0. The van der Waals surface area contributed by atoms with Gasteiger partial charge in [0.25, 0.3) is 5.88 Å². The first-order chi connectivity index (χ1) is 30.2. The zero-order chi connectivity index (χ0) is 44.5. The van der Waals surface area contributed by atoms with Gasteiger partial charge in [0, 0.05) is 90.0 Å². The van der Waals surface area contributed by atoms with E-state index in [0.717, 1.165) is 69.6 Å². The minimum absolute atomic E-state index is 0.00254. The van der Waals surface area contributed by atoms with E-state index >= 15 is 4.39 Å². The third-order valence-corrected chi connectivity index (χ3v) is 15.3. The molecule has 336 valence electrons. The molecule has 2 aliphatic heterocycles. The molecule has 4 heterocycles. The van der Waals surface area contributed by atoms with Crippen LogP contribution in [0.1, 0.15) is 78.5 Å². The lowest BCUT2D eigenvalue weighted by Gasteiger charge is -2.58. The number of aromatic nitrogens is 2. The van der Waals surface area contributed by atoms with Gasteiger partial charge in [-0.1, -0.05) is 69.9 Å². The number of hydrogen-bond donors (Lipinski definition) is 1. The fraction of sp³-hybridized carbons (Fsp3) is 0.480. The summed E-state index contributed by atoms with van der Waals surface area (Å²) in [6, 6.07) is 26.1. The lowest BCUT2D eigenvalue weighted by Crippen LogP contribution is -2.60. The molecule has 3 aliphatic rings. The summed E-state index contributed by atoms with van der Waals surface area (Å²) >= 11 is 0. The molecule has 1 spiro atoms. The third-order valence-electron chi connectivity index (χ3n) is 13.6.